The van der Waals surface area contributed by atoms with Crippen molar-refractivity contribution in [3.05, 3.63) is 68.8 Å². The molecule has 4 heterocycles. The first-order chi connectivity index (χ1) is 16.0. The molecule has 2 saturated heterocycles. The van der Waals surface area contributed by atoms with E-state index < -0.39 is 4.92 Å². The summed E-state index contributed by atoms with van der Waals surface area (Å²) in [4.78, 5) is 46.4. The number of amides is 1. The lowest BCUT2D eigenvalue weighted by molar-refractivity contribution is -0.389. The van der Waals surface area contributed by atoms with Crippen molar-refractivity contribution in [2.45, 2.75) is 37.8 Å². The SMILES string of the molecule is O=C(c1ccc([N+](=O)[O-])nc1)N1CCC(N2CCC(n3c(=O)[nH]c4ccccc43)CC2)CC1. The lowest BCUT2D eigenvalue weighted by atomic mass is 9.97. The highest BCUT2D eigenvalue weighted by atomic mass is 16.6. The fourth-order valence-electron chi connectivity index (χ4n) is 5.18. The van der Waals surface area contributed by atoms with Crippen molar-refractivity contribution in [2.24, 2.45) is 0 Å². The van der Waals surface area contributed by atoms with E-state index in [0.29, 0.717) is 24.7 Å². The van der Waals surface area contributed by atoms with E-state index >= 15 is 0 Å². The van der Waals surface area contributed by atoms with Crippen molar-refractivity contribution in [3.63, 3.8) is 0 Å². The van der Waals surface area contributed by atoms with Gasteiger partial charge >= 0.3 is 11.5 Å². The number of H-pyrrole nitrogens is 1. The number of likely N-dealkylation sites (tertiary alicyclic amines) is 2. The van der Waals surface area contributed by atoms with Gasteiger partial charge in [0.15, 0.2) is 6.20 Å². The standard InChI is InChI=1S/C23H26N6O4/c30-22(16-5-6-21(24-15-16)29(32)33)27-13-7-17(8-14-27)26-11-9-18(10-12-26)28-20-4-2-1-3-19(20)25-23(28)31/h1-6,15,17-18H,7-14H2,(H,25,31). The maximum Gasteiger partial charge on any atom is 0.363 e. The molecule has 2 aliphatic heterocycles. The van der Waals surface area contributed by atoms with Crippen LogP contribution in [0.15, 0.2) is 47.4 Å². The highest BCUT2D eigenvalue weighted by Crippen LogP contribution is 2.28. The van der Waals surface area contributed by atoms with Crippen LogP contribution in [0.2, 0.25) is 0 Å². The van der Waals surface area contributed by atoms with Crippen LogP contribution in [-0.2, 0) is 0 Å². The molecule has 0 bridgehead atoms. The van der Waals surface area contributed by atoms with Gasteiger partial charge in [0.2, 0.25) is 0 Å². The zero-order valence-corrected chi connectivity index (χ0v) is 18.2. The number of carbonyl (C=O) groups is 1. The first-order valence-electron chi connectivity index (χ1n) is 11.3. The highest BCUT2D eigenvalue weighted by Gasteiger charge is 2.31. The molecule has 2 aliphatic rings. The Kier molecular flexibility index (Phi) is 5.67. The number of carbonyl (C=O) groups excluding carboxylic acids is 1. The highest BCUT2D eigenvalue weighted by molar-refractivity contribution is 5.94. The Hall–Kier alpha value is -3.53. The molecule has 0 aliphatic carbocycles. The minimum absolute atomic E-state index is 0.0396. The number of imidazole rings is 1. The van der Waals surface area contributed by atoms with Gasteiger partial charge in [0, 0.05) is 44.3 Å². The van der Waals surface area contributed by atoms with Gasteiger partial charge in [-0.1, -0.05) is 12.1 Å². The maximum atomic E-state index is 12.7. The van der Waals surface area contributed by atoms with E-state index in [1.807, 2.05) is 28.8 Å². The predicted molar refractivity (Wildman–Crippen MR) is 122 cm³/mol. The van der Waals surface area contributed by atoms with E-state index in [-0.39, 0.29) is 23.5 Å². The molecule has 10 heteroatoms. The van der Waals surface area contributed by atoms with Crippen molar-refractivity contribution in [2.75, 3.05) is 26.2 Å². The fraction of sp³-hybridized carbons (Fsp3) is 0.435. The topological polar surface area (TPSA) is 117 Å². The number of rotatable bonds is 4. The summed E-state index contributed by atoms with van der Waals surface area (Å²) in [5.41, 5.74) is 2.19. The number of hydrogen-bond donors (Lipinski definition) is 1. The molecule has 0 unspecified atom stereocenters. The molecular weight excluding hydrogens is 424 g/mol. The Morgan fingerprint density at radius 1 is 1.00 bits per heavy atom. The third-order valence-electron chi connectivity index (χ3n) is 6.94. The van der Waals surface area contributed by atoms with E-state index in [2.05, 4.69) is 14.9 Å². The summed E-state index contributed by atoms with van der Waals surface area (Å²) >= 11 is 0. The second kappa shape index (κ2) is 8.78. The summed E-state index contributed by atoms with van der Waals surface area (Å²) in [5, 5.41) is 10.8. The van der Waals surface area contributed by atoms with Crippen molar-refractivity contribution < 1.29 is 9.72 Å². The van der Waals surface area contributed by atoms with Crippen molar-refractivity contribution >= 4 is 22.8 Å². The molecule has 1 aromatic carbocycles. The molecule has 10 nitrogen and oxygen atoms in total. The number of benzene rings is 1. The molecule has 2 fully saturated rings. The van der Waals surface area contributed by atoms with E-state index in [4.69, 9.17) is 0 Å². The number of nitrogens with one attached hydrogen (secondary N) is 1. The van der Waals surface area contributed by atoms with E-state index in [1.165, 1.54) is 18.3 Å². The quantitative estimate of drug-likeness (QED) is 0.482. The Morgan fingerprint density at radius 3 is 2.36 bits per heavy atom. The number of hydrogen-bond acceptors (Lipinski definition) is 6. The molecule has 172 valence electrons. The second-order valence-corrected chi connectivity index (χ2v) is 8.77. The minimum atomic E-state index is -0.572. The van der Waals surface area contributed by atoms with Gasteiger partial charge in [0.05, 0.1) is 16.6 Å². The van der Waals surface area contributed by atoms with Gasteiger partial charge in [-0.05, 0) is 53.8 Å². The summed E-state index contributed by atoms with van der Waals surface area (Å²) in [5.74, 6) is -0.392. The summed E-state index contributed by atoms with van der Waals surface area (Å²) < 4.78 is 1.91. The van der Waals surface area contributed by atoms with Gasteiger partial charge < -0.3 is 24.9 Å². The van der Waals surface area contributed by atoms with Crippen LogP contribution in [0, 0.1) is 10.1 Å². The number of fused-ring (bicyclic) bond motifs is 1. The third-order valence-corrected chi connectivity index (χ3v) is 6.94. The van der Waals surface area contributed by atoms with Crippen LogP contribution < -0.4 is 5.69 Å². The molecule has 3 aromatic rings. The average molecular weight is 450 g/mol. The van der Waals surface area contributed by atoms with Crippen LogP contribution in [0.25, 0.3) is 11.0 Å². The summed E-state index contributed by atoms with van der Waals surface area (Å²) in [6, 6.07) is 11.2. The third kappa shape index (κ3) is 4.13. The van der Waals surface area contributed by atoms with Gasteiger partial charge in [-0.15, -0.1) is 0 Å². The summed E-state index contributed by atoms with van der Waals surface area (Å²) in [7, 11) is 0. The van der Waals surface area contributed by atoms with Crippen LogP contribution in [0.5, 0.6) is 0 Å². The second-order valence-electron chi connectivity index (χ2n) is 8.77. The molecule has 1 N–H and O–H groups in total. The maximum absolute atomic E-state index is 12.7. The number of nitro groups is 1. The number of nitrogens with zero attached hydrogens (tertiary/aromatic N) is 5. The largest absolute Gasteiger partial charge is 0.363 e. The first-order valence-corrected chi connectivity index (χ1v) is 11.3. The lowest BCUT2D eigenvalue weighted by Gasteiger charge is -2.42. The average Bonchev–Trinajstić information content (AvgIpc) is 3.19. The number of aromatic nitrogens is 3. The molecule has 33 heavy (non-hydrogen) atoms. The Morgan fingerprint density at radius 2 is 1.70 bits per heavy atom. The molecule has 1 amide bonds. The number of aromatic amines is 1. The van der Waals surface area contributed by atoms with E-state index in [9.17, 15) is 19.7 Å². The lowest BCUT2D eigenvalue weighted by Crippen LogP contribution is -2.49. The number of pyridine rings is 1. The summed E-state index contributed by atoms with van der Waals surface area (Å²) in [6.07, 6.45) is 4.92. The van der Waals surface area contributed by atoms with Gasteiger partial charge in [-0.2, -0.15) is 0 Å². The van der Waals surface area contributed by atoms with Crippen LogP contribution >= 0.6 is 0 Å². The monoisotopic (exact) mass is 450 g/mol. The molecule has 2 aromatic heterocycles. The fourth-order valence-corrected chi connectivity index (χ4v) is 5.18. The van der Waals surface area contributed by atoms with E-state index in [1.54, 1.807) is 4.90 Å². The van der Waals surface area contributed by atoms with Crippen LogP contribution in [0.1, 0.15) is 42.1 Å². The smallest absolute Gasteiger partial charge is 0.358 e. The van der Waals surface area contributed by atoms with Gasteiger partial charge in [-0.3, -0.25) is 9.36 Å². The first kappa shape index (κ1) is 21.3. The molecule has 0 saturated carbocycles. The Labute approximate surface area is 190 Å². The van der Waals surface area contributed by atoms with Gasteiger partial charge in [-0.25, -0.2) is 4.79 Å². The van der Waals surface area contributed by atoms with Crippen LogP contribution in [0.4, 0.5) is 5.82 Å². The predicted octanol–water partition coefficient (Wildman–Crippen LogP) is 2.57. The van der Waals surface area contributed by atoms with Gasteiger partial charge in [0.1, 0.15) is 0 Å². The van der Waals surface area contributed by atoms with Crippen molar-refractivity contribution in [1.29, 1.82) is 0 Å². The molecule has 0 atom stereocenters. The van der Waals surface area contributed by atoms with E-state index in [0.717, 1.165) is 49.8 Å². The zero-order chi connectivity index (χ0) is 22.9. The van der Waals surface area contributed by atoms with Crippen LogP contribution in [-0.4, -0.2) is 67.4 Å². The number of piperidine rings is 2. The summed E-state index contributed by atoms with van der Waals surface area (Å²) in [6.45, 7) is 3.17. The normalized spacial score (nSPS) is 18.6. The Balaban J connectivity index is 1.16. The molecule has 5 rings (SSSR count). The van der Waals surface area contributed by atoms with Crippen LogP contribution in [0.3, 0.4) is 0 Å². The van der Waals surface area contributed by atoms with Crippen molar-refractivity contribution in [3.8, 4) is 0 Å². The molecular formula is C23H26N6O4. The Bertz CT molecular complexity index is 1220. The molecule has 0 spiro atoms. The van der Waals surface area contributed by atoms with Crippen molar-refractivity contribution in [1.82, 2.24) is 24.3 Å². The molecule has 0 radical (unpaired) electrons. The minimum Gasteiger partial charge on any atom is -0.358 e. The zero-order valence-electron chi connectivity index (χ0n) is 18.2. The number of para-hydroxylation sites is 2. The van der Waals surface area contributed by atoms with Gasteiger partial charge in [0.25, 0.3) is 5.91 Å².